The van der Waals surface area contributed by atoms with Crippen LogP contribution in [0.3, 0.4) is 0 Å². The first-order chi connectivity index (χ1) is 10.2. The smallest absolute Gasteiger partial charge is 0.337 e. The summed E-state index contributed by atoms with van der Waals surface area (Å²) in [7, 11) is 0. The Bertz CT molecular complexity index is 794. The van der Waals surface area contributed by atoms with E-state index in [-0.39, 0.29) is 5.56 Å². The molecule has 104 valence electrons. The number of hydrogen-bond donors (Lipinski definition) is 2. The second-order valence-electron chi connectivity index (χ2n) is 4.59. The Morgan fingerprint density at radius 2 is 1.81 bits per heavy atom. The molecular weight excluding hydrogens is 266 g/mol. The molecule has 0 spiro atoms. The highest BCUT2D eigenvalue weighted by Gasteiger charge is 2.15. The number of nitrogens with two attached hydrogens (primary N) is 1. The number of carboxylic acid groups (broad SMARTS) is 1. The van der Waals surface area contributed by atoms with Crippen molar-refractivity contribution in [1.82, 2.24) is 9.78 Å². The number of benzene rings is 2. The molecule has 0 unspecified atom stereocenters. The Morgan fingerprint density at radius 3 is 2.52 bits per heavy atom. The van der Waals surface area contributed by atoms with Gasteiger partial charge in [-0.3, -0.25) is 0 Å². The number of nitrogens with zero attached hydrogens (tertiary/aromatic N) is 2. The molecule has 0 fully saturated rings. The molecule has 0 atom stereocenters. The molecule has 0 aliphatic carbocycles. The van der Waals surface area contributed by atoms with E-state index in [4.69, 9.17) is 5.73 Å². The van der Waals surface area contributed by atoms with E-state index in [1.54, 1.807) is 24.5 Å². The number of para-hydroxylation sites is 1. The molecule has 5 nitrogen and oxygen atoms in total. The molecule has 0 radical (unpaired) electrons. The molecule has 1 aromatic heterocycles. The lowest BCUT2D eigenvalue weighted by Crippen LogP contribution is -2.08. The number of carboxylic acids is 1. The Kier molecular flexibility index (Phi) is 3.16. The average molecular weight is 279 g/mol. The molecule has 1 heterocycles. The number of carbonyl (C=O) groups is 1. The Balaban J connectivity index is 2.11. The van der Waals surface area contributed by atoms with E-state index in [1.807, 2.05) is 30.3 Å². The maximum atomic E-state index is 11.3. The molecule has 5 heteroatoms. The predicted molar refractivity (Wildman–Crippen MR) is 80.4 cm³/mol. The standard InChI is InChI=1S/C16H13N3O2/c17-14-8-4-7-13(16(20)21)15(14)19-10-12(9-18-19)11-5-2-1-3-6-11/h1-10H,17H2,(H,20,21). The van der Waals surface area contributed by atoms with Gasteiger partial charge in [-0.2, -0.15) is 5.10 Å². The van der Waals surface area contributed by atoms with Crippen LogP contribution in [-0.2, 0) is 0 Å². The molecular formula is C16H13N3O2. The summed E-state index contributed by atoms with van der Waals surface area (Å²) < 4.78 is 1.50. The van der Waals surface area contributed by atoms with Crippen molar-refractivity contribution >= 4 is 11.7 Å². The van der Waals surface area contributed by atoms with Crippen LogP contribution in [0.5, 0.6) is 0 Å². The van der Waals surface area contributed by atoms with Gasteiger partial charge in [-0.1, -0.05) is 36.4 Å². The highest BCUT2D eigenvalue weighted by molar-refractivity contribution is 5.94. The van der Waals surface area contributed by atoms with Gasteiger partial charge in [0.25, 0.3) is 0 Å². The van der Waals surface area contributed by atoms with Gasteiger partial charge >= 0.3 is 5.97 Å². The van der Waals surface area contributed by atoms with Gasteiger partial charge in [0.1, 0.15) is 5.69 Å². The summed E-state index contributed by atoms with van der Waals surface area (Å²) in [5.74, 6) is -1.03. The first-order valence-corrected chi connectivity index (χ1v) is 6.39. The summed E-state index contributed by atoms with van der Waals surface area (Å²) in [5.41, 5.74) is 8.70. The van der Waals surface area contributed by atoms with E-state index in [0.29, 0.717) is 11.4 Å². The van der Waals surface area contributed by atoms with Gasteiger partial charge in [0.2, 0.25) is 0 Å². The van der Waals surface area contributed by atoms with Gasteiger partial charge in [0, 0.05) is 11.8 Å². The first-order valence-electron chi connectivity index (χ1n) is 6.39. The van der Waals surface area contributed by atoms with Crippen molar-refractivity contribution < 1.29 is 9.90 Å². The number of aromatic carboxylic acids is 1. The Hall–Kier alpha value is -3.08. The van der Waals surface area contributed by atoms with Crippen molar-refractivity contribution in [3.8, 4) is 16.8 Å². The molecule has 21 heavy (non-hydrogen) atoms. The van der Waals surface area contributed by atoms with Crippen molar-refractivity contribution in [2.45, 2.75) is 0 Å². The zero-order valence-corrected chi connectivity index (χ0v) is 11.1. The first kappa shape index (κ1) is 12.9. The quantitative estimate of drug-likeness (QED) is 0.722. The normalized spacial score (nSPS) is 10.5. The lowest BCUT2D eigenvalue weighted by Gasteiger charge is -2.09. The Labute approximate surface area is 121 Å². The zero-order chi connectivity index (χ0) is 14.8. The lowest BCUT2D eigenvalue weighted by atomic mass is 10.1. The van der Waals surface area contributed by atoms with Gasteiger partial charge in [0.15, 0.2) is 0 Å². The van der Waals surface area contributed by atoms with E-state index in [0.717, 1.165) is 11.1 Å². The van der Waals surface area contributed by atoms with Gasteiger partial charge in [-0.05, 0) is 17.7 Å². The Morgan fingerprint density at radius 1 is 1.05 bits per heavy atom. The highest BCUT2D eigenvalue weighted by atomic mass is 16.4. The van der Waals surface area contributed by atoms with Crippen molar-refractivity contribution in [3.05, 3.63) is 66.5 Å². The van der Waals surface area contributed by atoms with Crippen LogP contribution in [0.15, 0.2) is 60.9 Å². The second-order valence-corrected chi connectivity index (χ2v) is 4.59. The molecule has 3 rings (SSSR count). The molecule has 0 aliphatic rings. The van der Waals surface area contributed by atoms with Crippen LogP contribution in [0.25, 0.3) is 16.8 Å². The van der Waals surface area contributed by atoms with Gasteiger partial charge in [-0.25, -0.2) is 9.48 Å². The molecule has 0 bridgehead atoms. The molecule has 3 N–H and O–H groups in total. The fourth-order valence-electron chi connectivity index (χ4n) is 2.21. The third-order valence-corrected chi connectivity index (χ3v) is 3.22. The van der Waals surface area contributed by atoms with E-state index in [2.05, 4.69) is 5.10 Å². The molecule has 0 saturated carbocycles. The average Bonchev–Trinajstić information content (AvgIpc) is 2.97. The maximum Gasteiger partial charge on any atom is 0.337 e. The van der Waals surface area contributed by atoms with Crippen molar-refractivity contribution in [1.29, 1.82) is 0 Å². The minimum absolute atomic E-state index is 0.123. The van der Waals surface area contributed by atoms with E-state index >= 15 is 0 Å². The van der Waals surface area contributed by atoms with Crippen LogP contribution in [0.4, 0.5) is 5.69 Å². The summed E-state index contributed by atoms with van der Waals surface area (Å²) >= 11 is 0. The molecule has 0 amide bonds. The summed E-state index contributed by atoms with van der Waals surface area (Å²) in [6, 6.07) is 14.5. The third kappa shape index (κ3) is 2.36. The number of aromatic nitrogens is 2. The second kappa shape index (κ2) is 5.13. The molecule has 0 aliphatic heterocycles. The molecule has 0 saturated heterocycles. The maximum absolute atomic E-state index is 11.3. The van der Waals surface area contributed by atoms with E-state index in [1.165, 1.54) is 10.7 Å². The fraction of sp³-hybridized carbons (Fsp3) is 0. The fourth-order valence-corrected chi connectivity index (χ4v) is 2.21. The summed E-state index contributed by atoms with van der Waals surface area (Å²) in [6.07, 6.45) is 3.46. The number of nitrogen functional groups attached to an aromatic ring is 1. The highest BCUT2D eigenvalue weighted by Crippen LogP contribution is 2.25. The van der Waals surface area contributed by atoms with E-state index in [9.17, 15) is 9.90 Å². The summed E-state index contributed by atoms with van der Waals surface area (Å²) in [5, 5.41) is 13.5. The van der Waals surface area contributed by atoms with E-state index < -0.39 is 5.97 Å². The monoisotopic (exact) mass is 279 g/mol. The minimum atomic E-state index is -1.03. The lowest BCUT2D eigenvalue weighted by molar-refractivity contribution is 0.0697. The van der Waals surface area contributed by atoms with Gasteiger partial charge < -0.3 is 10.8 Å². The largest absolute Gasteiger partial charge is 0.478 e. The molecule has 3 aromatic rings. The van der Waals surface area contributed by atoms with Crippen LogP contribution in [-0.4, -0.2) is 20.9 Å². The van der Waals surface area contributed by atoms with Crippen LogP contribution < -0.4 is 5.73 Å². The van der Waals surface area contributed by atoms with Crippen molar-refractivity contribution in [2.24, 2.45) is 0 Å². The van der Waals surface area contributed by atoms with Crippen LogP contribution in [0.1, 0.15) is 10.4 Å². The van der Waals surface area contributed by atoms with Crippen LogP contribution >= 0.6 is 0 Å². The number of anilines is 1. The minimum Gasteiger partial charge on any atom is -0.478 e. The van der Waals surface area contributed by atoms with Crippen molar-refractivity contribution in [3.63, 3.8) is 0 Å². The summed E-state index contributed by atoms with van der Waals surface area (Å²) in [6.45, 7) is 0. The van der Waals surface area contributed by atoms with Crippen LogP contribution in [0.2, 0.25) is 0 Å². The van der Waals surface area contributed by atoms with Gasteiger partial charge in [-0.15, -0.1) is 0 Å². The number of hydrogen-bond acceptors (Lipinski definition) is 3. The zero-order valence-electron chi connectivity index (χ0n) is 11.1. The van der Waals surface area contributed by atoms with Gasteiger partial charge in [0.05, 0.1) is 17.4 Å². The molecule has 2 aromatic carbocycles. The van der Waals surface area contributed by atoms with Crippen molar-refractivity contribution in [2.75, 3.05) is 5.73 Å². The summed E-state index contributed by atoms with van der Waals surface area (Å²) in [4.78, 5) is 11.3. The predicted octanol–water partition coefficient (Wildman–Crippen LogP) is 2.82. The number of rotatable bonds is 3. The third-order valence-electron chi connectivity index (χ3n) is 3.22. The van der Waals surface area contributed by atoms with Crippen LogP contribution in [0, 0.1) is 0 Å². The topological polar surface area (TPSA) is 81.1 Å². The SMILES string of the molecule is Nc1cccc(C(=O)O)c1-n1cc(-c2ccccc2)cn1.